The Morgan fingerprint density at radius 1 is 1.12 bits per heavy atom. The number of para-hydroxylation sites is 2. The summed E-state index contributed by atoms with van der Waals surface area (Å²) in [5.74, 6) is 1.46. The Balaban J connectivity index is 1.46. The molecule has 2 heterocycles. The maximum Gasteiger partial charge on any atom is 0.261 e. The summed E-state index contributed by atoms with van der Waals surface area (Å²) < 4.78 is 7.41. The van der Waals surface area contributed by atoms with Crippen molar-refractivity contribution in [3.8, 4) is 5.75 Å². The van der Waals surface area contributed by atoms with E-state index in [1.54, 1.807) is 4.57 Å². The predicted molar refractivity (Wildman–Crippen MR) is 125 cm³/mol. The Morgan fingerprint density at radius 3 is 2.56 bits per heavy atom. The van der Waals surface area contributed by atoms with Crippen LogP contribution in [0.3, 0.4) is 0 Å². The van der Waals surface area contributed by atoms with E-state index in [4.69, 9.17) is 9.72 Å². The molecule has 168 valence electrons. The average Bonchev–Trinajstić information content (AvgIpc) is 2.82. The van der Waals surface area contributed by atoms with Crippen molar-refractivity contribution in [3.63, 3.8) is 0 Å². The van der Waals surface area contributed by atoms with Gasteiger partial charge in [-0.1, -0.05) is 30.3 Å². The first kappa shape index (κ1) is 22.0. The lowest BCUT2D eigenvalue weighted by atomic mass is 10.1. The van der Waals surface area contributed by atoms with E-state index in [-0.39, 0.29) is 30.2 Å². The van der Waals surface area contributed by atoms with Crippen LogP contribution in [0.15, 0.2) is 59.4 Å². The summed E-state index contributed by atoms with van der Waals surface area (Å²) in [5.41, 5.74) is 0.726. The smallest absolute Gasteiger partial charge is 0.261 e. The van der Waals surface area contributed by atoms with Gasteiger partial charge in [-0.3, -0.25) is 19.1 Å². The second-order valence-corrected chi connectivity index (χ2v) is 8.25. The minimum Gasteiger partial charge on any atom is -0.484 e. The Morgan fingerprint density at radius 2 is 1.84 bits per heavy atom. The van der Waals surface area contributed by atoms with Gasteiger partial charge < -0.3 is 9.64 Å². The van der Waals surface area contributed by atoms with E-state index < -0.39 is 0 Å². The molecule has 4 rings (SSSR count). The molecule has 1 aliphatic heterocycles. The van der Waals surface area contributed by atoms with Crippen molar-refractivity contribution in [1.82, 2.24) is 19.4 Å². The number of fused-ring (bicyclic) bond motifs is 1. The van der Waals surface area contributed by atoms with Gasteiger partial charge in [0.15, 0.2) is 6.61 Å². The number of benzene rings is 2. The summed E-state index contributed by atoms with van der Waals surface area (Å²) in [6.45, 7) is 8.77. The van der Waals surface area contributed by atoms with Crippen molar-refractivity contribution in [2.24, 2.45) is 0 Å². The molecule has 0 radical (unpaired) electrons. The molecule has 1 aliphatic rings. The zero-order valence-electron chi connectivity index (χ0n) is 18.9. The summed E-state index contributed by atoms with van der Waals surface area (Å²) in [7, 11) is 0. The van der Waals surface area contributed by atoms with Gasteiger partial charge in [0, 0.05) is 32.2 Å². The Bertz CT molecular complexity index is 1140. The van der Waals surface area contributed by atoms with Gasteiger partial charge in [-0.05, 0) is 45.0 Å². The highest BCUT2D eigenvalue weighted by Crippen LogP contribution is 2.23. The van der Waals surface area contributed by atoms with Crippen molar-refractivity contribution in [1.29, 1.82) is 0 Å². The van der Waals surface area contributed by atoms with Crippen molar-refractivity contribution in [2.75, 3.05) is 26.2 Å². The summed E-state index contributed by atoms with van der Waals surface area (Å²) in [4.78, 5) is 34.8. The minimum atomic E-state index is -0.0347. The SMILES string of the molecule is CCn1c(C(C)N2CCN(C(=O)COc3ccccc3)C(C)C2)nc2ccccc2c1=O. The normalized spacial score (nSPS) is 18.0. The molecule has 7 nitrogen and oxygen atoms in total. The first-order chi connectivity index (χ1) is 15.5. The third-order valence-electron chi connectivity index (χ3n) is 6.21. The molecule has 1 amide bonds. The first-order valence-electron chi connectivity index (χ1n) is 11.2. The number of hydrogen-bond donors (Lipinski definition) is 0. The number of piperazine rings is 1. The van der Waals surface area contributed by atoms with Gasteiger partial charge in [0.05, 0.1) is 16.9 Å². The van der Waals surface area contributed by atoms with Gasteiger partial charge in [0.2, 0.25) is 0 Å². The van der Waals surface area contributed by atoms with Crippen molar-refractivity contribution in [3.05, 3.63) is 70.8 Å². The van der Waals surface area contributed by atoms with Crippen molar-refractivity contribution >= 4 is 16.8 Å². The van der Waals surface area contributed by atoms with Crippen LogP contribution in [0.25, 0.3) is 10.9 Å². The molecule has 0 aliphatic carbocycles. The summed E-state index contributed by atoms with van der Waals surface area (Å²) in [5, 5.41) is 0.646. The van der Waals surface area contributed by atoms with Gasteiger partial charge >= 0.3 is 0 Å². The van der Waals surface area contributed by atoms with E-state index in [1.807, 2.05) is 66.4 Å². The quantitative estimate of drug-likeness (QED) is 0.596. The van der Waals surface area contributed by atoms with Crippen LogP contribution in [0.4, 0.5) is 0 Å². The lowest BCUT2D eigenvalue weighted by Gasteiger charge is -2.42. The molecule has 7 heteroatoms. The van der Waals surface area contributed by atoms with Crippen LogP contribution >= 0.6 is 0 Å². The molecule has 1 aromatic heterocycles. The van der Waals surface area contributed by atoms with Gasteiger partial charge in [-0.2, -0.15) is 0 Å². The molecule has 0 spiro atoms. The van der Waals surface area contributed by atoms with Crippen LogP contribution in [0.2, 0.25) is 0 Å². The van der Waals surface area contributed by atoms with Crippen LogP contribution in [-0.4, -0.2) is 57.5 Å². The fraction of sp³-hybridized carbons (Fsp3) is 0.400. The fourth-order valence-electron chi connectivity index (χ4n) is 4.43. The summed E-state index contributed by atoms with van der Waals surface area (Å²) >= 11 is 0. The standard InChI is InChI=1S/C25H30N4O3/c1-4-28-24(26-22-13-9-8-12-21(22)25(28)31)19(3)27-14-15-29(18(2)16-27)23(30)17-32-20-10-6-5-7-11-20/h5-13,18-19H,4,14-17H2,1-3H3. The molecule has 32 heavy (non-hydrogen) atoms. The van der Waals surface area contributed by atoms with Crippen LogP contribution in [0.1, 0.15) is 32.6 Å². The largest absolute Gasteiger partial charge is 0.484 e. The van der Waals surface area contributed by atoms with Crippen LogP contribution in [-0.2, 0) is 11.3 Å². The number of amides is 1. The van der Waals surface area contributed by atoms with Crippen molar-refractivity contribution in [2.45, 2.75) is 39.4 Å². The van der Waals surface area contributed by atoms with Crippen LogP contribution in [0.5, 0.6) is 5.75 Å². The van der Waals surface area contributed by atoms with Crippen LogP contribution < -0.4 is 10.3 Å². The third-order valence-corrected chi connectivity index (χ3v) is 6.21. The number of nitrogens with zero attached hydrogens (tertiary/aromatic N) is 4. The highest BCUT2D eigenvalue weighted by atomic mass is 16.5. The second kappa shape index (κ2) is 9.53. The number of rotatable bonds is 6. The fourth-order valence-corrected chi connectivity index (χ4v) is 4.43. The zero-order valence-corrected chi connectivity index (χ0v) is 18.9. The number of ether oxygens (including phenoxy) is 1. The Hall–Kier alpha value is -3.19. The number of hydrogen-bond acceptors (Lipinski definition) is 5. The van der Waals surface area contributed by atoms with E-state index in [9.17, 15) is 9.59 Å². The lowest BCUT2D eigenvalue weighted by Crippen LogP contribution is -2.55. The Kier molecular flexibility index (Phi) is 6.55. The monoisotopic (exact) mass is 434 g/mol. The van der Waals surface area contributed by atoms with Gasteiger partial charge in [0.25, 0.3) is 11.5 Å². The topological polar surface area (TPSA) is 67.7 Å². The maximum atomic E-state index is 13.0. The summed E-state index contributed by atoms with van der Waals surface area (Å²) in [6, 6.07) is 16.9. The zero-order chi connectivity index (χ0) is 22.7. The number of carbonyl (C=O) groups is 1. The molecular formula is C25H30N4O3. The van der Waals surface area contributed by atoms with E-state index >= 15 is 0 Å². The minimum absolute atomic E-state index is 0.000118. The van der Waals surface area contributed by atoms with Gasteiger partial charge in [-0.15, -0.1) is 0 Å². The molecule has 2 aromatic carbocycles. The molecule has 1 fully saturated rings. The predicted octanol–water partition coefficient (Wildman–Crippen LogP) is 3.09. The molecule has 1 saturated heterocycles. The third kappa shape index (κ3) is 4.39. The van der Waals surface area contributed by atoms with Gasteiger partial charge in [0.1, 0.15) is 11.6 Å². The molecule has 2 atom stereocenters. The van der Waals surface area contributed by atoms with E-state index in [2.05, 4.69) is 18.7 Å². The maximum absolute atomic E-state index is 13.0. The number of carbonyl (C=O) groups excluding carboxylic acids is 1. The Labute approximate surface area is 188 Å². The molecule has 3 aromatic rings. The first-order valence-corrected chi connectivity index (χ1v) is 11.2. The second-order valence-electron chi connectivity index (χ2n) is 8.25. The van der Waals surface area contributed by atoms with Gasteiger partial charge in [-0.25, -0.2) is 4.98 Å². The van der Waals surface area contributed by atoms with Crippen LogP contribution in [0, 0.1) is 0 Å². The highest BCUT2D eigenvalue weighted by molar-refractivity contribution is 5.78. The summed E-state index contributed by atoms with van der Waals surface area (Å²) in [6.07, 6.45) is 0. The van der Waals surface area contributed by atoms with E-state index in [0.717, 1.165) is 17.9 Å². The molecule has 2 unspecified atom stereocenters. The molecule has 0 saturated carbocycles. The lowest BCUT2D eigenvalue weighted by molar-refractivity contribution is -0.138. The molecule has 0 N–H and O–H groups in total. The van der Waals surface area contributed by atoms with Crippen molar-refractivity contribution < 1.29 is 9.53 Å². The van der Waals surface area contributed by atoms with E-state index in [0.29, 0.717) is 30.8 Å². The molecule has 0 bridgehead atoms. The highest BCUT2D eigenvalue weighted by Gasteiger charge is 2.31. The average molecular weight is 435 g/mol. The number of aromatic nitrogens is 2. The molecular weight excluding hydrogens is 404 g/mol. The van der Waals surface area contributed by atoms with E-state index in [1.165, 1.54) is 0 Å².